The highest BCUT2D eigenvalue weighted by atomic mass is 19.1. The second-order valence-electron chi connectivity index (χ2n) is 9.42. The van der Waals surface area contributed by atoms with Gasteiger partial charge in [0.25, 0.3) is 5.82 Å². The van der Waals surface area contributed by atoms with Crippen molar-refractivity contribution in [3.8, 4) is 17.1 Å². The lowest BCUT2D eigenvalue weighted by Crippen LogP contribution is -2.30. The number of hydrogen-bond donors (Lipinski definition) is 0. The zero-order valence-electron chi connectivity index (χ0n) is 20.1. The molecule has 35 heavy (non-hydrogen) atoms. The number of para-hydroxylation sites is 3. The Morgan fingerprint density at radius 3 is 2.46 bits per heavy atom. The summed E-state index contributed by atoms with van der Waals surface area (Å²) in [7, 11) is 2.04. The molecule has 0 aliphatic rings. The first-order valence-corrected chi connectivity index (χ1v) is 11.8. The maximum atomic E-state index is 14.9. The van der Waals surface area contributed by atoms with Gasteiger partial charge in [0.15, 0.2) is 16.6 Å². The summed E-state index contributed by atoms with van der Waals surface area (Å²) in [5.41, 5.74) is 7.02. The fourth-order valence-electron chi connectivity index (χ4n) is 5.28. The summed E-state index contributed by atoms with van der Waals surface area (Å²) in [6.07, 6.45) is 0. The molecule has 0 aliphatic heterocycles. The number of nitrogens with zero attached hydrogens (tertiary/aromatic N) is 2. The lowest BCUT2D eigenvalue weighted by atomic mass is 10.00. The van der Waals surface area contributed by atoms with E-state index in [1.165, 1.54) is 11.6 Å². The molecular formula is C30H25F2N2O+. The number of rotatable bonds is 3. The van der Waals surface area contributed by atoms with Crippen molar-refractivity contribution in [2.45, 2.75) is 26.7 Å². The summed E-state index contributed by atoms with van der Waals surface area (Å²) in [6, 6.07) is 22.7. The lowest BCUT2D eigenvalue weighted by molar-refractivity contribution is -0.633. The minimum absolute atomic E-state index is 0.206. The smallest absolute Gasteiger partial charge is 0.298 e. The first-order valence-electron chi connectivity index (χ1n) is 11.8. The van der Waals surface area contributed by atoms with Gasteiger partial charge in [-0.15, -0.1) is 0 Å². The number of aryl methyl sites for hydroxylation is 2. The van der Waals surface area contributed by atoms with E-state index in [1.54, 1.807) is 0 Å². The summed E-state index contributed by atoms with van der Waals surface area (Å²) >= 11 is 0. The molecule has 0 spiro atoms. The normalized spacial score (nSPS) is 12.0. The number of imidazole rings is 1. The quantitative estimate of drug-likeness (QED) is 0.244. The molecule has 5 heteroatoms. The second-order valence-corrected chi connectivity index (χ2v) is 9.42. The van der Waals surface area contributed by atoms with Crippen LogP contribution in [0.2, 0.25) is 0 Å². The third-order valence-corrected chi connectivity index (χ3v) is 6.90. The molecule has 4 aromatic carbocycles. The monoisotopic (exact) mass is 467 g/mol. The molecule has 0 atom stereocenters. The van der Waals surface area contributed by atoms with Gasteiger partial charge in [0.05, 0.1) is 12.4 Å². The fourth-order valence-corrected chi connectivity index (χ4v) is 5.28. The van der Waals surface area contributed by atoms with Crippen LogP contribution in [0.15, 0.2) is 77.2 Å². The lowest BCUT2D eigenvalue weighted by Gasteiger charge is -2.12. The average molecular weight is 468 g/mol. The maximum Gasteiger partial charge on any atom is 0.298 e. The van der Waals surface area contributed by atoms with Crippen molar-refractivity contribution in [3.63, 3.8) is 0 Å². The molecule has 0 amide bonds. The first-order chi connectivity index (χ1) is 16.9. The Hall–Kier alpha value is -3.99. The van der Waals surface area contributed by atoms with E-state index in [2.05, 4.69) is 53.3 Å². The van der Waals surface area contributed by atoms with Crippen molar-refractivity contribution in [1.82, 2.24) is 4.57 Å². The van der Waals surface area contributed by atoms with Crippen LogP contribution in [0.3, 0.4) is 0 Å². The number of benzene rings is 4. The predicted molar refractivity (Wildman–Crippen MR) is 136 cm³/mol. The Labute approximate surface area is 201 Å². The molecule has 0 fully saturated rings. The van der Waals surface area contributed by atoms with Crippen LogP contribution in [-0.2, 0) is 7.05 Å². The van der Waals surface area contributed by atoms with E-state index in [0.717, 1.165) is 39.7 Å². The number of hydrogen-bond acceptors (Lipinski definition) is 1. The second kappa shape index (κ2) is 7.77. The Bertz CT molecular complexity index is 1780. The van der Waals surface area contributed by atoms with Crippen LogP contribution in [0.25, 0.3) is 50.0 Å². The minimum atomic E-state index is -0.655. The predicted octanol–water partition coefficient (Wildman–Crippen LogP) is 7.73. The molecular weight excluding hydrogens is 442 g/mol. The first kappa shape index (κ1) is 21.5. The standard InChI is InChI=1S/C30H25F2N2O/c1-17(2)20-9-5-6-10-23(20)34-25-12-8-7-11-24(25)33(4)30(34)27-18(3)13-14-21-28-22(32)15-19(31)16-26(28)35-29(21)27/h5-17H,1-4H3/q+1. The molecule has 0 saturated carbocycles. The molecule has 2 heterocycles. The number of fused-ring (bicyclic) bond motifs is 4. The van der Waals surface area contributed by atoms with Crippen LogP contribution in [0.5, 0.6) is 0 Å². The number of halogens is 2. The van der Waals surface area contributed by atoms with Gasteiger partial charge < -0.3 is 4.42 Å². The van der Waals surface area contributed by atoms with E-state index in [4.69, 9.17) is 4.42 Å². The van der Waals surface area contributed by atoms with E-state index < -0.39 is 11.6 Å². The third kappa shape index (κ3) is 3.11. The average Bonchev–Trinajstić information content (AvgIpc) is 3.34. The number of aromatic nitrogens is 2. The van der Waals surface area contributed by atoms with Crippen molar-refractivity contribution in [3.05, 3.63) is 95.6 Å². The van der Waals surface area contributed by atoms with Gasteiger partial charge in [0.1, 0.15) is 28.5 Å². The van der Waals surface area contributed by atoms with E-state index in [0.29, 0.717) is 22.3 Å². The zero-order valence-corrected chi connectivity index (χ0v) is 20.1. The molecule has 6 aromatic rings. The summed E-state index contributed by atoms with van der Waals surface area (Å²) in [5.74, 6) is -0.0468. The summed E-state index contributed by atoms with van der Waals surface area (Å²) in [5, 5.41) is 0.933. The van der Waals surface area contributed by atoms with Crippen molar-refractivity contribution in [1.29, 1.82) is 0 Å². The maximum absolute atomic E-state index is 14.9. The van der Waals surface area contributed by atoms with Crippen molar-refractivity contribution in [2.75, 3.05) is 0 Å². The molecule has 174 valence electrons. The van der Waals surface area contributed by atoms with E-state index in [1.807, 2.05) is 44.3 Å². The molecule has 0 radical (unpaired) electrons. The molecule has 0 N–H and O–H groups in total. The molecule has 6 rings (SSSR count). The largest absolute Gasteiger partial charge is 0.455 e. The van der Waals surface area contributed by atoms with E-state index in [9.17, 15) is 8.78 Å². The Morgan fingerprint density at radius 1 is 0.914 bits per heavy atom. The minimum Gasteiger partial charge on any atom is -0.455 e. The Balaban J connectivity index is 1.81. The van der Waals surface area contributed by atoms with Crippen molar-refractivity contribution >= 4 is 33.0 Å². The van der Waals surface area contributed by atoms with Crippen LogP contribution >= 0.6 is 0 Å². The van der Waals surface area contributed by atoms with Crippen LogP contribution in [0.4, 0.5) is 8.78 Å². The van der Waals surface area contributed by atoms with Gasteiger partial charge in [-0.05, 0) is 36.6 Å². The Kier molecular flexibility index (Phi) is 4.78. The van der Waals surface area contributed by atoms with E-state index in [-0.39, 0.29) is 5.58 Å². The van der Waals surface area contributed by atoms with Crippen molar-refractivity contribution < 1.29 is 17.8 Å². The number of furan rings is 1. The SMILES string of the molecule is Cc1ccc2c(oc3cc(F)cc(F)c32)c1-c1n(-c2ccccc2C(C)C)c2ccccc2[n+]1C. The van der Waals surface area contributed by atoms with Gasteiger partial charge in [-0.3, -0.25) is 0 Å². The third-order valence-electron chi connectivity index (χ3n) is 6.90. The van der Waals surface area contributed by atoms with Gasteiger partial charge in [0, 0.05) is 23.1 Å². The van der Waals surface area contributed by atoms with Gasteiger partial charge in [0.2, 0.25) is 0 Å². The molecule has 0 bridgehead atoms. The van der Waals surface area contributed by atoms with Crippen LogP contribution < -0.4 is 4.57 Å². The zero-order chi connectivity index (χ0) is 24.4. The van der Waals surface area contributed by atoms with Crippen molar-refractivity contribution in [2.24, 2.45) is 7.05 Å². The highest BCUT2D eigenvalue weighted by Gasteiger charge is 2.31. The molecule has 0 unspecified atom stereocenters. The summed E-state index contributed by atoms with van der Waals surface area (Å²) in [4.78, 5) is 0. The highest BCUT2D eigenvalue weighted by Crippen LogP contribution is 2.40. The van der Waals surface area contributed by atoms with Crippen LogP contribution in [0.1, 0.15) is 30.9 Å². The topological polar surface area (TPSA) is 21.9 Å². The van der Waals surface area contributed by atoms with Crippen LogP contribution in [0, 0.1) is 18.6 Å². The Morgan fingerprint density at radius 2 is 1.66 bits per heavy atom. The molecule has 3 nitrogen and oxygen atoms in total. The molecule has 0 aliphatic carbocycles. The van der Waals surface area contributed by atoms with Crippen LogP contribution in [-0.4, -0.2) is 4.57 Å². The summed E-state index contributed by atoms with van der Waals surface area (Å²) in [6.45, 7) is 6.40. The van der Waals surface area contributed by atoms with Gasteiger partial charge in [-0.2, -0.15) is 4.57 Å². The van der Waals surface area contributed by atoms with E-state index >= 15 is 0 Å². The van der Waals surface area contributed by atoms with Gasteiger partial charge >= 0.3 is 0 Å². The van der Waals surface area contributed by atoms with Gasteiger partial charge in [-0.25, -0.2) is 13.3 Å². The molecule has 0 saturated heterocycles. The van der Waals surface area contributed by atoms with Gasteiger partial charge in [-0.1, -0.05) is 56.3 Å². The summed E-state index contributed by atoms with van der Waals surface area (Å²) < 4.78 is 39.5. The highest BCUT2D eigenvalue weighted by molar-refractivity contribution is 6.10. The molecule has 2 aromatic heterocycles. The fraction of sp³-hybridized carbons (Fsp3) is 0.167.